The average molecular weight is 492 g/mol. The van der Waals surface area contributed by atoms with Gasteiger partial charge in [-0.1, -0.05) is 64.6 Å². The molecule has 0 aliphatic rings. The molecule has 1 N–H and O–H groups in total. The monoisotopic (exact) mass is 490 g/mol. The molecule has 3 aromatic carbocycles. The summed E-state index contributed by atoms with van der Waals surface area (Å²) in [6.07, 6.45) is 0. The molecule has 0 aliphatic carbocycles. The molecule has 0 radical (unpaired) electrons. The first-order valence-corrected chi connectivity index (χ1v) is 10.6. The minimum atomic E-state index is -0.524. The van der Waals surface area contributed by atoms with Crippen molar-refractivity contribution < 1.29 is 4.79 Å². The van der Waals surface area contributed by atoms with Crippen molar-refractivity contribution in [1.82, 2.24) is 14.8 Å². The molecule has 4 aromatic rings. The van der Waals surface area contributed by atoms with Crippen molar-refractivity contribution in [2.45, 2.75) is 6.92 Å². The van der Waals surface area contributed by atoms with E-state index < -0.39 is 5.91 Å². The Morgan fingerprint density at radius 1 is 0.903 bits per heavy atom. The van der Waals surface area contributed by atoms with E-state index in [2.05, 4.69) is 15.4 Å². The molecule has 0 atom stereocenters. The number of anilines is 1. The Labute approximate surface area is 198 Å². The number of nitrogens with one attached hydrogen (secondary N) is 1. The van der Waals surface area contributed by atoms with Crippen LogP contribution in [0.3, 0.4) is 0 Å². The largest absolute Gasteiger partial charge is 0.318 e. The first-order chi connectivity index (χ1) is 14.8. The fourth-order valence-corrected chi connectivity index (χ4v) is 3.71. The lowest BCUT2D eigenvalue weighted by Gasteiger charge is -2.08. The van der Waals surface area contributed by atoms with Crippen molar-refractivity contribution in [3.8, 4) is 17.1 Å². The highest BCUT2D eigenvalue weighted by Crippen LogP contribution is 2.28. The van der Waals surface area contributed by atoms with Gasteiger partial charge in [0.15, 0.2) is 5.82 Å². The van der Waals surface area contributed by atoms with Crippen LogP contribution in [0.15, 0.2) is 60.7 Å². The average Bonchev–Trinajstić information content (AvgIpc) is 3.18. The van der Waals surface area contributed by atoms with Crippen LogP contribution in [-0.2, 0) is 0 Å². The zero-order chi connectivity index (χ0) is 22.1. The summed E-state index contributed by atoms with van der Waals surface area (Å²) in [6, 6.07) is 17.4. The molecule has 0 spiro atoms. The zero-order valence-corrected chi connectivity index (χ0v) is 19.1. The first-order valence-electron chi connectivity index (χ1n) is 9.08. The number of amides is 1. The van der Waals surface area contributed by atoms with Gasteiger partial charge in [0, 0.05) is 20.6 Å². The molecule has 0 fully saturated rings. The maximum Gasteiger partial charge on any atom is 0.295 e. The molecule has 4 rings (SSSR count). The van der Waals surface area contributed by atoms with Crippen LogP contribution in [-0.4, -0.2) is 20.7 Å². The van der Waals surface area contributed by atoms with Gasteiger partial charge in [-0.05, 0) is 55.0 Å². The van der Waals surface area contributed by atoms with Gasteiger partial charge in [-0.3, -0.25) is 4.79 Å². The van der Waals surface area contributed by atoms with E-state index >= 15 is 0 Å². The van der Waals surface area contributed by atoms with Gasteiger partial charge in [-0.15, -0.1) is 5.10 Å². The summed E-state index contributed by atoms with van der Waals surface area (Å²) < 4.78 is 1.55. The summed E-state index contributed by atoms with van der Waals surface area (Å²) >= 11 is 24.6. The maximum absolute atomic E-state index is 12.9. The number of hydrogen-bond donors (Lipinski definition) is 1. The molecule has 0 unspecified atom stereocenters. The summed E-state index contributed by atoms with van der Waals surface area (Å²) in [4.78, 5) is 17.3. The van der Waals surface area contributed by atoms with Crippen molar-refractivity contribution >= 4 is 58.0 Å². The predicted molar refractivity (Wildman–Crippen MR) is 126 cm³/mol. The summed E-state index contributed by atoms with van der Waals surface area (Å²) in [7, 11) is 0. The van der Waals surface area contributed by atoms with Crippen molar-refractivity contribution in [1.29, 1.82) is 0 Å². The Kier molecular flexibility index (Phi) is 6.21. The molecule has 0 saturated carbocycles. The fraction of sp³-hybridized carbons (Fsp3) is 0.0455. The number of carbonyl (C=O) groups excluding carboxylic acids is 1. The van der Waals surface area contributed by atoms with Gasteiger partial charge in [-0.2, -0.15) is 0 Å². The van der Waals surface area contributed by atoms with E-state index in [0.29, 0.717) is 42.9 Å². The number of aromatic nitrogens is 3. The molecular formula is C22H14Cl4N4O. The van der Waals surface area contributed by atoms with Crippen LogP contribution in [0.1, 0.15) is 16.2 Å². The van der Waals surface area contributed by atoms with E-state index in [4.69, 9.17) is 46.4 Å². The fourth-order valence-electron chi connectivity index (χ4n) is 2.89. The summed E-state index contributed by atoms with van der Waals surface area (Å²) in [5, 5.41) is 9.01. The third kappa shape index (κ3) is 4.70. The highest BCUT2D eigenvalue weighted by Gasteiger charge is 2.20. The van der Waals surface area contributed by atoms with Crippen molar-refractivity contribution in [3.05, 3.63) is 92.1 Å². The second kappa shape index (κ2) is 8.89. The molecule has 1 heterocycles. The van der Waals surface area contributed by atoms with Crippen LogP contribution in [0.4, 0.5) is 5.69 Å². The lowest BCUT2D eigenvalue weighted by molar-refractivity contribution is 0.101. The molecular weight excluding hydrogens is 478 g/mol. The molecule has 31 heavy (non-hydrogen) atoms. The Balaban J connectivity index is 1.78. The van der Waals surface area contributed by atoms with E-state index in [-0.39, 0.29) is 5.82 Å². The van der Waals surface area contributed by atoms with Crippen LogP contribution in [0.2, 0.25) is 20.1 Å². The van der Waals surface area contributed by atoms with E-state index in [0.717, 1.165) is 5.56 Å². The van der Waals surface area contributed by atoms with Gasteiger partial charge in [-0.25, -0.2) is 9.67 Å². The van der Waals surface area contributed by atoms with Gasteiger partial charge in [0.1, 0.15) is 0 Å². The van der Waals surface area contributed by atoms with E-state index in [1.807, 2.05) is 25.1 Å². The van der Waals surface area contributed by atoms with Crippen LogP contribution >= 0.6 is 46.4 Å². The minimum absolute atomic E-state index is 0.0438. The van der Waals surface area contributed by atoms with Crippen molar-refractivity contribution in [2.75, 3.05) is 5.32 Å². The standard InChI is InChI=1S/C22H14Cl4N4O/c1-12-5-7-16(11-17(12)25)30-21(13-3-2-4-14(23)9-13)28-20(29-30)22(31)27-19-8-6-15(24)10-18(19)26/h2-11H,1H3,(H,27,31). The highest BCUT2D eigenvalue weighted by atomic mass is 35.5. The van der Waals surface area contributed by atoms with Crippen molar-refractivity contribution in [3.63, 3.8) is 0 Å². The first kappa shape index (κ1) is 21.7. The van der Waals surface area contributed by atoms with Gasteiger partial charge in [0.2, 0.25) is 5.82 Å². The van der Waals surface area contributed by atoms with Gasteiger partial charge < -0.3 is 5.32 Å². The minimum Gasteiger partial charge on any atom is -0.318 e. The van der Waals surface area contributed by atoms with Crippen LogP contribution in [0.25, 0.3) is 17.1 Å². The highest BCUT2D eigenvalue weighted by molar-refractivity contribution is 6.36. The van der Waals surface area contributed by atoms with Crippen molar-refractivity contribution in [2.24, 2.45) is 0 Å². The lowest BCUT2D eigenvalue weighted by Crippen LogP contribution is -2.14. The Morgan fingerprint density at radius 2 is 1.68 bits per heavy atom. The molecule has 1 aromatic heterocycles. The number of rotatable bonds is 4. The number of carbonyl (C=O) groups is 1. The quantitative estimate of drug-likeness (QED) is 0.331. The van der Waals surface area contributed by atoms with E-state index in [1.165, 1.54) is 6.07 Å². The molecule has 156 valence electrons. The topological polar surface area (TPSA) is 59.8 Å². The van der Waals surface area contributed by atoms with Crippen LogP contribution < -0.4 is 5.32 Å². The molecule has 1 amide bonds. The molecule has 5 nitrogen and oxygen atoms in total. The Bertz CT molecular complexity index is 1300. The van der Waals surface area contributed by atoms with Gasteiger partial charge in [0.05, 0.1) is 16.4 Å². The summed E-state index contributed by atoms with van der Waals surface area (Å²) in [6.45, 7) is 1.90. The smallest absolute Gasteiger partial charge is 0.295 e. The number of hydrogen-bond acceptors (Lipinski definition) is 3. The Morgan fingerprint density at radius 3 is 2.39 bits per heavy atom. The lowest BCUT2D eigenvalue weighted by atomic mass is 10.2. The maximum atomic E-state index is 12.9. The number of aryl methyl sites for hydroxylation is 1. The van der Waals surface area contributed by atoms with E-state index in [9.17, 15) is 4.79 Å². The predicted octanol–water partition coefficient (Wildman–Crippen LogP) is 7.11. The number of halogens is 4. The summed E-state index contributed by atoms with van der Waals surface area (Å²) in [5.74, 6) is -0.128. The SMILES string of the molecule is Cc1ccc(-n2nc(C(=O)Nc3ccc(Cl)cc3Cl)nc2-c2cccc(Cl)c2)cc1Cl. The Hall–Kier alpha value is -2.57. The second-order valence-electron chi connectivity index (χ2n) is 6.69. The summed E-state index contributed by atoms with van der Waals surface area (Å²) in [5.41, 5.74) is 2.67. The third-order valence-corrected chi connectivity index (χ3v) is 5.66. The zero-order valence-electron chi connectivity index (χ0n) is 16.0. The number of nitrogens with zero attached hydrogens (tertiary/aromatic N) is 3. The van der Waals surface area contributed by atoms with Crippen LogP contribution in [0, 0.1) is 6.92 Å². The molecule has 9 heteroatoms. The van der Waals surface area contributed by atoms with Crippen LogP contribution in [0.5, 0.6) is 0 Å². The van der Waals surface area contributed by atoms with Gasteiger partial charge in [0.25, 0.3) is 5.91 Å². The van der Waals surface area contributed by atoms with E-state index in [1.54, 1.807) is 41.1 Å². The molecule has 0 aliphatic heterocycles. The van der Waals surface area contributed by atoms with Gasteiger partial charge >= 0.3 is 0 Å². The molecule has 0 bridgehead atoms. The second-order valence-corrected chi connectivity index (χ2v) is 8.38. The number of benzene rings is 3. The molecule has 0 saturated heterocycles. The normalized spacial score (nSPS) is 10.9. The third-order valence-electron chi connectivity index (χ3n) is 4.47.